The number of hydrogen-bond donors (Lipinski definition) is 0. The molecule has 15 heavy (non-hydrogen) atoms. The van der Waals surface area contributed by atoms with E-state index in [-0.39, 0.29) is 0 Å². The van der Waals surface area contributed by atoms with Crippen LogP contribution < -0.4 is 0 Å². The number of rotatable bonds is 4. The molecular weight excluding hydrogens is 188 g/mol. The lowest BCUT2D eigenvalue weighted by molar-refractivity contribution is -0.122. The first-order valence-corrected chi connectivity index (χ1v) is 6.16. The molecule has 3 nitrogen and oxygen atoms in total. The van der Waals surface area contributed by atoms with Gasteiger partial charge in [0.1, 0.15) is 5.78 Å². The van der Waals surface area contributed by atoms with Gasteiger partial charge in [-0.1, -0.05) is 6.92 Å². The maximum Gasteiger partial charge on any atom is 0.149 e. The summed E-state index contributed by atoms with van der Waals surface area (Å²) < 4.78 is 0. The van der Waals surface area contributed by atoms with Gasteiger partial charge >= 0.3 is 0 Å². The lowest BCUT2D eigenvalue weighted by atomic mass is 10.1. The van der Waals surface area contributed by atoms with E-state index in [2.05, 4.69) is 23.8 Å². The van der Waals surface area contributed by atoms with Gasteiger partial charge in [-0.25, -0.2) is 0 Å². The molecule has 0 N–H and O–H groups in total. The summed E-state index contributed by atoms with van der Waals surface area (Å²) in [5.41, 5.74) is 0. The molecule has 1 heterocycles. The van der Waals surface area contributed by atoms with Crippen LogP contribution >= 0.6 is 0 Å². The van der Waals surface area contributed by atoms with E-state index in [0.29, 0.717) is 24.3 Å². The van der Waals surface area contributed by atoms with Crippen LogP contribution in [0, 0.1) is 5.92 Å². The molecule has 1 saturated carbocycles. The molecule has 1 unspecified atom stereocenters. The van der Waals surface area contributed by atoms with Gasteiger partial charge in [0.15, 0.2) is 0 Å². The van der Waals surface area contributed by atoms with Crippen LogP contribution in [0.2, 0.25) is 0 Å². The number of likely N-dealkylation sites (N-methyl/N-ethyl adjacent to an activating group) is 1. The third-order valence-corrected chi connectivity index (χ3v) is 3.74. The molecule has 0 amide bonds. The molecule has 0 aromatic rings. The predicted octanol–water partition coefficient (Wildman–Crippen LogP) is 0.992. The van der Waals surface area contributed by atoms with Gasteiger partial charge in [-0.15, -0.1) is 0 Å². The van der Waals surface area contributed by atoms with E-state index in [1.165, 1.54) is 6.42 Å². The molecule has 0 bridgehead atoms. The van der Waals surface area contributed by atoms with E-state index < -0.39 is 0 Å². The van der Waals surface area contributed by atoms with Crippen molar-refractivity contribution in [3.63, 3.8) is 0 Å². The van der Waals surface area contributed by atoms with E-state index in [9.17, 15) is 4.79 Å². The summed E-state index contributed by atoms with van der Waals surface area (Å²) >= 11 is 0. The topological polar surface area (TPSA) is 23.6 Å². The molecule has 1 atom stereocenters. The molecule has 0 spiro atoms. The number of carbonyl (C=O) groups is 1. The van der Waals surface area contributed by atoms with Crippen molar-refractivity contribution in [2.75, 3.05) is 33.2 Å². The molecule has 2 fully saturated rings. The van der Waals surface area contributed by atoms with E-state index in [1.807, 2.05) is 0 Å². The first-order chi connectivity index (χ1) is 7.20. The van der Waals surface area contributed by atoms with Crippen molar-refractivity contribution < 1.29 is 4.79 Å². The maximum atomic E-state index is 11.7. The van der Waals surface area contributed by atoms with Crippen molar-refractivity contribution >= 4 is 5.78 Å². The monoisotopic (exact) mass is 210 g/mol. The maximum absolute atomic E-state index is 11.7. The summed E-state index contributed by atoms with van der Waals surface area (Å²) in [4.78, 5) is 16.5. The molecule has 1 aliphatic carbocycles. The number of carbonyl (C=O) groups excluding carboxylic acids is 1. The van der Waals surface area contributed by atoms with Crippen LogP contribution in [0.5, 0.6) is 0 Å². The Balaban J connectivity index is 1.80. The summed E-state index contributed by atoms with van der Waals surface area (Å²) in [6, 6.07) is 0.644. The highest BCUT2D eigenvalue weighted by Crippen LogP contribution is 2.30. The van der Waals surface area contributed by atoms with Gasteiger partial charge < -0.3 is 4.90 Å². The molecule has 2 aliphatic rings. The Hall–Kier alpha value is -0.410. The van der Waals surface area contributed by atoms with Crippen molar-refractivity contribution in [2.24, 2.45) is 5.92 Å². The fourth-order valence-corrected chi connectivity index (χ4v) is 2.35. The first kappa shape index (κ1) is 11.1. The molecule has 0 radical (unpaired) electrons. The van der Waals surface area contributed by atoms with Gasteiger partial charge in [-0.2, -0.15) is 0 Å². The summed E-state index contributed by atoms with van der Waals surface area (Å²) in [5.74, 6) is 0.902. The first-order valence-electron chi connectivity index (χ1n) is 6.16. The van der Waals surface area contributed by atoms with E-state index in [1.54, 1.807) is 0 Å². The SMILES string of the molecule is CCC1CN(CC(=O)C2CC2)CCN1C. The molecule has 3 heteroatoms. The van der Waals surface area contributed by atoms with Gasteiger partial charge in [0.05, 0.1) is 6.54 Å². The fraction of sp³-hybridized carbons (Fsp3) is 0.917. The molecule has 1 aliphatic heterocycles. The van der Waals surface area contributed by atoms with Gasteiger partial charge in [-0.3, -0.25) is 9.69 Å². The zero-order valence-electron chi connectivity index (χ0n) is 9.91. The Morgan fingerprint density at radius 2 is 2.07 bits per heavy atom. The normalized spacial score (nSPS) is 29.3. The molecular formula is C12H22N2O. The number of nitrogens with zero attached hydrogens (tertiary/aromatic N) is 2. The second-order valence-electron chi connectivity index (χ2n) is 5.02. The van der Waals surface area contributed by atoms with Crippen LogP contribution in [-0.2, 0) is 4.79 Å². The highest BCUT2D eigenvalue weighted by atomic mass is 16.1. The van der Waals surface area contributed by atoms with Crippen LogP contribution in [0.1, 0.15) is 26.2 Å². The molecule has 2 rings (SSSR count). The minimum absolute atomic E-state index is 0.421. The number of Topliss-reactive ketones (excluding diaryl/α,β-unsaturated/α-hetero) is 1. The zero-order chi connectivity index (χ0) is 10.8. The van der Waals surface area contributed by atoms with Gasteiger partial charge in [0.25, 0.3) is 0 Å². The second kappa shape index (κ2) is 4.62. The molecule has 86 valence electrons. The third kappa shape index (κ3) is 2.79. The van der Waals surface area contributed by atoms with Crippen LogP contribution in [0.4, 0.5) is 0 Å². The second-order valence-corrected chi connectivity index (χ2v) is 5.02. The minimum atomic E-state index is 0.421. The van der Waals surface area contributed by atoms with E-state index >= 15 is 0 Å². The number of ketones is 1. The van der Waals surface area contributed by atoms with Crippen LogP contribution in [0.25, 0.3) is 0 Å². The summed E-state index contributed by atoms with van der Waals surface area (Å²) in [5, 5.41) is 0. The summed E-state index contributed by atoms with van der Waals surface area (Å²) in [6.07, 6.45) is 3.47. The van der Waals surface area contributed by atoms with Gasteiger partial charge in [0, 0.05) is 31.6 Å². The molecule has 0 aromatic heterocycles. The average Bonchev–Trinajstić information content (AvgIpc) is 3.04. The molecule has 0 aromatic carbocycles. The van der Waals surface area contributed by atoms with E-state index in [0.717, 1.165) is 32.5 Å². The summed E-state index contributed by atoms with van der Waals surface area (Å²) in [6.45, 7) is 6.18. The Labute approximate surface area is 92.4 Å². The largest absolute Gasteiger partial charge is 0.301 e. The summed E-state index contributed by atoms with van der Waals surface area (Å²) in [7, 11) is 2.19. The lowest BCUT2D eigenvalue weighted by Crippen LogP contribution is -2.52. The third-order valence-electron chi connectivity index (χ3n) is 3.74. The standard InChI is InChI=1S/C12H22N2O/c1-3-11-8-14(7-6-13(11)2)9-12(15)10-4-5-10/h10-11H,3-9H2,1-2H3. The number of piperazine rings is 1. The van der Waals surface area contributed by atoms with Crippen molar-refractivity contribution in [3.8, 4) is 0 Å². The Kier molecular flexibility index (Phi) is 3.42. The lowest BCUT2D eigenvalue weighted by Gasteiger charge is -2.38. The van der Waals surface area contributed by atoms with Crippen LogP contribution in [0.15, 0.2) is 0 Å². The number of hydrogen-bond acceptors (Lipinski definition) is 3. The van der Waals surface area contributed by atoms with Crippen LogP contribution in [-0.4, -0.2) is 54.9 Å². The predicted molar refractivity (Wildman–Crippen MR) is 60.9 cm³/mol. The van der Waals surface area contributed by atoms with E-state index in [4.69, 9.17) is 0 Å². The Morgan fingerprint density at radius 3 is 2.67 bits per heavy atom. The average molecular weight is 210 g/mol. The fourth-order valence-electron chi connectivity index (χ4n) is 2.35. The van der Waals surface area contributed by atoms with Gasteiger partial charge in [0.2, 0.25) is 0 Å². The Morgan fingerprint density at radius 1 is 1.33 bits per heavy atom. The highest BCUT2D eigenvalue weighted by molar-refractivity contribution is 5.85. The minimum Gasteiger partial charge on any atom is -0.301 e. The quantitative estimate of drug-likeness (QED) is 0.691. The Bertz CT molecular complexity index is 238. The van der Waals surface area contributed by atoms with Crippen LogP contribution in [0.3, 0.4) is 0 Å². The van der Waals surface area contributed by atoms with Crippen molar-refractivity contribution in [2.45, 2.75) is 32.2 Å². The van der Waals surface area contributed by atoms with Crippen molar-refractivity contribution in [1.82, 2.24) is 9.80 Å². The zero-order valence-corrected chi connectivity index (χ0v) is 9.91. The molecule has 1 saturated heterocycles. The van der Waals surface area contributed by atoms with Crippen molar-refractivity contribution in [3.05, 3.63) is 0 Å². The highest BCUT2D eigenvalue weighted by Gasteiger charge is 2.32. The smallest absolute Gasteiger partial charge is 0.149 e. The van der Waals surface area contributed by atoms with Crippen molar-refractivity contribution in [1.29, 1.82) is 0 Å². The van der Waals surface area contributed by atoms with Gasteiger partial charge in [-0.05, 0) is 26.3 Å².